The third-order valence-electron chi connectivity index (χ3n) is 4.47. The third-order valence-corrected chi connectivity index (χ3v) is 4.47. The summed E-state index contributed by atoms with van der Waals surface area (Å²) in [7, 11) is 1.34. The molecule has 0 saturated carbocycles. The Labute approximate surface area is 153 Å². The summed E-state index contributed by atoms with van der Waals surface area (Å²) in [5.74, 6) is 0.0776. The minimum atomic E-state index is -0.446. The molecule has 6 heteroatoms. The van der Waals surface area contributed by atoms with Gasteiger partial charge in [0.1, 0.15) is 11.4 Å². The predicted molar refractivity (Wildman–Crippen MR) is 99.1 cm³/mol. The molecule has 2 heterocycles. The molecule has 0 aliphatic carbocycles. The molecule has 0 radical (unpaired) electrons. The molecule has 1 saturated heterocycles. The highest BCUT2D eigenvalue weighted by Gasteiger charge is 2.27. The fraction of sp³-hybridized carbons (Fsp3) is 0.350. The van der Waals surface area contributed by atoms with Crippen LogP contribution in [0.15, 0.2) is 36.5 Å². The van der Waals surface area contributed by atoms with E-state index in [9.17, 15) is 9.59 Å². The normalized spacial score (nSPS) is 14.5. The molecule has 1 aromatic heterocycles. The highest BCUT2D eigenvalue weighted by atomic mass is 16.5. The number of rotatable bonds is 4. The van der Waals surface area contributed by atoms with Crippen molar-refractivity contribution >= 4 is 17.7 Å². The SMILES string of the molecule is COC(=O)c1cccnc1N1CCN(Cc2cc(C)cc(C)c2)C(=O)C1. The summed E-state index contributed by atoms with van der Waals surface area (Å²) in [5, 5.41) is 0. The van der Waals surface area contributed by atoms with Crippen molar-refractivity contribution in [3.63, 3.8) is 0 Å². The van der Waals surface area contributed by atoms with Crippen molar-refractivity contribution in [3.8, 4) is 0 Å². The first kappa shape index (κ1) is 17.9. The number of pyridine rings is 1. The molecule has 0 atom stereocenters. The van der Waals surface area contributed by atoms with Crippen LogP contribution in [0, 0.1) is 13.8 Å². The van der Waals surface area contributed by atoms with Gasteiger partial charge in [0.25, 0.3) is 0 Å². The number of carbonyl (C=O) groups is 2. The van der Waals surface area contributed by atoms with Crippen LogP contribution in [-0.4, -0.2) is 48.5 Å². The van der Waals surface area contributed by atoms with E-state index in [1.54, 1.807) is 18.3 Å². The second-order valence-corrected chi connectivity index (χ2v) is 6.60. The molecule has 1 amide bonds. The lowest BCUT2D eigenvalue weighted by atomic mass is 10.1. The van der Waals surface area contributed by atoms with E-state index < -0.39 is 5.97 Å². The van der Waals surface area contributed by atoms with Gasteiger partial charge in [0.2, 0.25) is 5.91 Å². The van der Waals surface area contributed by atoms with Crippen molar-refractivity contribution in [2.24, 2.45) is 0 Å². The molecule has 1 aromatic carbocycles. The van der Waals surface area contributed by atoms with Crippen molar-refractivity contribution in [1.82, 2.24) is 9.88 Å². The number of methoxy groups -OCH3 is 1. The van der Waals surface area contributed by atoms with Crippen LogP contribution in [0.4, 0.5) is 5.82 Å². The number of anilines is 1. The largest absolute Gasteiger partial charge is 0.465 e. The van der Waals surface area contributed by atoms with Gasteiger partial charge in [-0.1, -0.05) is 29.3 Å². The van der Waals surface area contributed by atoms with E-state index in [-0.39, 0.29) is 12.5 Å². The number of nitrogens with zero attached hydrogens (tertiary/aromatic N) is 3. The summed E-state index contributed by atoms with van der Waals surface area (Å²) in [6.07, 6.45) is 1.62. The van der Waals surface area contributed by atoms with Gasteiger partial charge in [0.05, 0.1) is 13.7 Å². The van der Waals surface area contributed by atoms with Crippen LogP contribution in [0.3, 0.4) is 0 Å². The average Bonchev–Trinajstić information content (AvgIpc) is 2.62. The number of hydrogen-bond acceptors (Lipinski definition) is 5. The van der Waals surface area contributed by atoms with Gasteiger partial charge in [-0.3, -0.25) is 4.79 Å². The van der Waals surface area contributed by atoms with Crippen molar-refractivity contribution in [1.29, 1.82) is 0 Å². The highest BCUT2D eigenvalue weighted by molar-refractivity contribution is 5.95. The zero-order valence-corrected chi connectivity index (χ0v) is 15.4. The monoisotopic (exact) mass is 353 g/mol. The van der Waals surface area contributed by atoms with Crippen LogP contribution in [-0.2, 0) is 16.1 Å². The molecule has 0 bridgehead atoms. The number of hydrogen-bond donors (Lipinski definition) is 0. The topological polar surface area (TPSA) is 62.7 Å². The van der Waals surface area contributed by atoms with Gasteiger partial charge in [0, 0.05) is 25.8 Å². The first-order valence-corrected chi connectivity index (χ1v) is 8.61. The van der Waals surface area contributed by atoms with Crippen molar-refractivity contribution in [2.45, 2.75) is 20.4 Å². The molecule has 1 aliphatic heterocycles. The minimum absolute atomic E-state index is 0.0249. The molecule has 1 fully saturated rings. The van der Waals surface area contributed by atoms with Gasteiger partial charge in [-0.05, 0) is 31.5 Å². The van der Waals surface area contributed by atoms with E-state index in [4.69, 9.17) is 4.74 Å². The lowest BCUT2D eigenvalue weighted by Crippen LogP contribution is -2.50. The smallest absolute Gasteiger partial charge is 0.341 e. The number of amides is 1. The summed E-state index contributed by atoms with van der Waals surface area (Å²) < 4.78 is 4.82. The zero-order valence-electron chi connectivity index (χ0n) is 15.4. The number of piperazine rings is 1. The maximum atomic E-state index is 12.6. The third kappa shape index (κ3) is 3.85. The molecule has 1 aliphatic rings. The molecular weight excluding hydrogens is 330 g/mol. The van der Waals surface area contributed by atoms with E-state index >= 15 is 0 Å². The van der Waals surface area contributed by atoms with Gasteiger partial charge in [-0.2, -0.15) is 0 Å². The molecule has 26 heavy (non-hydrogen) atoms. The number of benzene rings is 1. The Morgan fingerprint density at radius 2 is 1.92 bits per heavy atom. The number of esters is 1. The lowest BCUT2D eigenvalue weighted by Gasteiger charge is -2.35. The summed E-state index contributed by atoms with van der Waals surface area (Å²) in [5.41, 5.74) is 3.91. The van der Waals surface area contributed by atoms with Crippen LogP contribution in [0.1, 0.15) is 27.0 Å². The van der Waals surface area contributed by atoms with Gasteiger partial charge in [-0.25, -0.2) is 9.78 Å². The van der Waals surface area contributed by atoms with Crippen molar-refractivity contribution < 1.29 is 14.3 Å². The summed E-state index contributed by atoms with van der Waals surface area (Å²) in [6, 6.07) is 9.70. The molecule has 0 spiro atoms. The Balaban J connectivity index is 1.73. The molecule has 2 aromatic rings. The van der Waals surface area contributed by atoms with E-state index in [1.807, 2.05) is 9.80 Å². The Morgan fingerprint density at radius 3 is 2.58 bits per heavy atom. The van der Waals surface area contributed by atoms with Gasteiger partial charge in [-0.15, -0.1) is 0 Å². The molecule has 0 unspecified atom stereocenters. The molecule has 3 rings (SSSR count). The Morgan fingerprint density at radius 1 is 1.19 bits per heavy atom. The lowest BCUT2D eigenvalue weighted by molar-refractivity contribution is -0.131. The fourth-order valence-corrected chi connectivity index (χ4v) is 3.36. The van der Waals surface area contributed by atoms with E-state index in [1.165, 1.54) is 18.2 Å². The number of aromatic nitrogens is 1. The Kier molecular flexibility index (Phi) is 5.21. The maximum Gasteiger partial charge on any atom is 0.341 e. The van der Waals surface area contributed by atoms with Crippen LogP contribution < -0.4 is 4.90 Å². The average molecular weight is 353 g/mol. The molecule has 136 valence electrons. The van der Waals surface area contributed by atoms with Crippen LogP contribution in [0.25, 0.3) is 0 Å². The minimum Gasteiger partial charge on any atom is -0.465 e. The predicted octanol–water partition coefficient (Wildman–Crippen LogP) is 2.33. The Bertz CT molecular complexity index is 815. The molecular formula is C20H23N3O3. The number of aryl methyl sites for hydroxylation is 2. The standard InChI is InChI=1S/C20H23N3O3/c1-14-9-15(2)11-16(10-14)12-22-7-8-23(13-18(22)24)19-17(20(25)26-3)5-4-6-21-19/h4-6,9-11H,7-8,12-13H2,1-3H3. The molecule has 6 nitrogen and oxygen atoms in total. The highest BCUT2D eigenvalue weighted by Crippen LogP contribution is 2.21. The van der Waals surface area contributed by atoms with E-state index in [0.717, 1.165) is 5.56 Å². The number of ether oxygens (including phenoxy) is 1. The first-order valence-electron chi connectivity index (χ1n) is 8.61. The second kappa shape index (κ2) is 7.56. The van der Waals surface area contributed by atoms with Gasteiger partial charge in [0.15, 0.2) is 0 Å². The van der Waals surface area contributed by atoms with Gasteiger partial charge >= 0.3 is 5.97 Å². The van der Waals surface area contributed by atoms with Crippen LogP contribution in [0.2, 0.25) is 0 Å². The quantitative estimate of drug-likeness (QED) is 0.790. The van der Waals surface area contributed by atoms with Crippen molar-refractivity contribution in [3.05, 3.63) is 58.8 Å². The van der Waals surface area contributed by atoms with Crippen LogP contribution >= 0.6 is 0 Å². The maximum absolute atomic E-state index is 12.6. The van der Waals surface area contributed by atoms with E-state index in [2.05, 4.69) is 37.0 Å². The van der Waals surface area contributed by atoms with E-state index in [0.29, 0.717) is 31.0 Å². The molecule has 0 N–H and O–H groups in total. The summed E-state index contributed by atoms with van der Waals surface area (Å²) >= 11 is 0. The summed E-state index contributed by atoms with van der Waals surface area (Å²) in [4.78, 5) is 32.6. The van der Waals surface area contributed by atoms with Crippen LogP contribution in [0.5, 0.6) is 0 Å². The zero-order chi connectivity index (χ0) is 18.7. The first-order chi connectivity index (χ1) is 12.5. The fourth-order valence-electron chi connectivity index (χ4n) is 3.36. The van der Waals surface area contributed by atoms with Crippen molar-refractivity contribution in [2.75, 3.05) is 31.6 Å². The summed E-state index contributed by atoms with van der Waals surface area (Å²) in [6.45, 7) is 6.13. The second-order valence-electron chi connectivity index (χ2n) is 6.60. The number of carbonyl (C=O) groups excluding carboxylic acids is 2. The van der Waals surface area contributed by atoms with Gasteiger partial charge < -0.3 is 14.5 Å². The Hall–Kier alpha value is -2.89.